The lowest BCUT2D eigenvalue weighted by Crippen LogP contribution is -2.52. The second-order valence-electron chi connectivity index (χ2n) is 7.22. The maximum Gasteiger partial charge on any atom is 0.335 e. The molecule has 0 unspecified atom stereocenters. The van der Waals surface area contributed by atoms with Crippen LogP contribution in [-0.2, 0) is 33.4 Å². The number of hydrogen-bond donors (Lipinski definition) is 1. The van der Waals surface area contributed by atoms with E-state index >= 15 is 0 Å². The van der Waals surface area contributed by atoms with Crippen molar-refractivity contribution in [1.82, 2.24) is 0 Å². The molecule has 1 aromatic carbocycles. The first-order chi connectivity index (χ1) is 14.2. The van der Waals surface area contributed by atoms with Crippen LogP contribution in [0, 0.1) is 11.8 Å². The van der Waals surface area contributed by atoms with Crippen LogP contribution >= 0.6 is 0 Å². The number of nitrogens with zero attached hydrogens (tertiary/aromatic N) is 1. The van der Waals surface area contributed by atoms with E-state index in [1.807, 2.05) is 0 Å². The van der Waals surface area contributed by atoms with Gasteiger partial charge < -0.3 is 19.3 Å². The average Bonchev–Trinajstić information content (AvgIpc) is 3.32. The van der Waals surface area contributed by atoms with Gasteiger partial charge >= 0.3 is 17.9 Å². The number of benzene rings is 1. The smallest absolute Gasteiger partial charge is 0.335 e. The Labute approximate surface area is 170 Å². The molecular weight excluding hydrogens is 398 g/mol. The van der Waals surface area contributed by atoms with Gasteiger partial charge in [-0.25, -0.2) is 9.69 Å². The predicted octanol–water partition coefficient (Wildman–Crippen LogP) is 0.650. The molecule has 10 heteroatoms. The molecule has 3 aliphatic heterocycles. The fraction of sp³-hybridized carbons (Fsp3) is 0.350. The first kappa shape index (κ1) is 19.8. The molecule has 1 aromatic rings. The number of carbonyl (C=O) groups is 5. The average molecular weight is 415 g/mol. The second-order valence-corrected chi connectivity index (χ2v) is 7.22. The minimum absolute atomic E-state index is 0.0880. The molecule has 0 saturated carbocycles. The molecule has 2 saturated heterocycles. The summed E-state index contributed by atoms with van der Waals surface area (Å²) in [7, 11) is 0. The van der Waals surface area contributed by atoms with Crippen molar-refractivity contribution >= 4 is 35.4 Å². The van der Waals surface area contributed by atoms with Gasteiger partial charge in [0.05, 0.1) is 29.2 Å². The monoisotopic (exact) mass is 415 g/mol. The van der Waals surface area contributed by atoms with E-state index in [0.29, 0.717) is 0 Å². The lowest BCUT2D eigenvalue weighted by Gasteiger charge is -2.34. The maximum absolute atomic E-state index is 13.3. The molecule has 2 amide bonds. The Morgan fingerprint density at radius 3 is 2.40 bits per heavy atom. The number of aromatic carboxylic acids is 1. The number of esters is 2. The molecular formula is C20H17NO9. The van der Waals surface area contributed by atoms with Gasteiger partial charge in [0, 0.05) is 13.8 Å². The lowest BCUT2D eigenvalue weighted by molar-refractivity contribution is -0.226. The van der Waals surface area contributed by atoms with Crippen LogP contribution in [0.2, 0.25) is 0 Å². The van der Waals surface area contributed by atoms with Gasteiger partial charge in [-0.1, -0.05) is 12.1 Å². The zero-order valence-corrected chi connectivity index (χ0v) is 15.9. The first-order valence-electron chi connectivity index (χ1n) is 9.08. The molecule has 0 aromatic heterocycles. The minimum atomic E-state index is -1.65. The highest BCUT2D eigenvalue weighted by molar-refractivity contribution is 6.23. The zero-order valence-electron chi connectivity index (χ0n) is 15.9. The van der Waals surface area contributed by atoms with E-state index in [-0.39, 0.29) is 11.3 Å². The molecule has 1 N–H and O–H groups in total. The Hall–Kier alpha value is -3.53. The summed E-state index contributed by atoms with van der Waals surface area (Å²) in [6.07, 6.45) is 0.680. The Balaban J connectivity index is 1.75. The van der Waals surface area contributed by atoms with Crippen molar-refractivity contribution < 1.29 is 43.3 Å². The molecule has 0 spiro atoms. The number of hydrogen-bond acceptors (Lipinski definition) is 8. The van der Waals surface area contributed by atoms with Crippen LogP contribution in [0.4, 0.5) is 5.69 Å². The van der Waals surface area contributed by atoms with Gasteiger partial charge in [-0.05, 0) is 24.3 Å². The fourth-order valence-corrected chi connectivity index (χ4v) is 4.25. The van der Waals surface area contributed by atoms with Gasteiger partial charge in [0.1, 0.15) is 0 Å². The van der Waals surface area contributed by atoms with E-state index in [4.69, 9.17) is 14.2 Å². The Bertz CT molecular complexity index is 999. The normalized spacial score (nSPS) is 28.8. The van der Waals surface area contributed by atoms with Gasteiger partial charge in [0.2, 0.25) is 11.8 Å². The fourth-order valence-electron chi connectivity index (χ4n) is 4.25. The third-order valence-electron chi connectivity index (χ3n) is 5.34. The SMILES string of the molecule is CC(=O)OC(OC(C)=O)[C@@]12C=C[C@H](O1)[C@H]1C(=O)N(c3cccc(C(=O)O)c3)C(=O)[C@@H]12. The number of imide groups is 1. The number of amides is 2. The summed E-state index contributed by atoms with van der Waals surface area (Å²) in [4.78, 5) is 61.7. The predicted molar refractivity (Wildman–Crippen MR) is 96.9 cm³/mol. The van der Waals surface area contributed by atoms with Gasteiger partial charge in [-0.2, -0.15) is 0 Å². The molecule has 10 nitrogen and oxygen atoms in total. The number of rotatable bonds is 5. The summed E-state index contributed by atoms with van der Waals surface area (Å²) in [5.41, 5.74) is -1.64. The topological polar surface area (TPSA) is 137 Å². The van der Waals surface area contributed by atoms with Crippen molar-refractivity contribution in [3.63, 3.8) is 0 Å². The van der Waals surface area contributed by atoms with Gasteiger partial charge in [0.15, 0.2) is 5.60 Å². The van der Waals surface area contributed by atoms with E-state index in [1.54, 1.807) is 6.08 Å². The van der Waals surface area contributed by atoms with E-state index in [2.05, 4.69) is 0 Å². The highest BCUT2D eigenvalue weighted by atomic mass is 16.7. The third kappa shape index (κ3) is 2.79. The highest BCUT2D eigenvalue weighted by Gasteiger charge is 2.72. The van der Waals surface area contributed by atoms with Crippen LogP contribution in [0.1, 0.15) is 24.2 Å². The van der Waals surface area contributed by atoms with Crippen LogP contribution in [-0.4, -0.2) is 52.8 Å². The van der Waals surface area contributed by atoms with Crippen molar-refractivity contribution in [2.75, 3.05) is 4.90 Å². The number of carboxylic acids is 1. The van der Waals surface area contributed by atoms with E-state index in [9.17, 15) is 29.1 Å². The molecule has 4 rings (SSSR count). The molecule has 4 atom stereocenters. The number of carbonyl (C=O) groups excluding carboxylic acids is 4. The van der Waals surface area contributed by atoms with Crippen LogP contribution < -0.4 is 4.90 Å². The van der Waals surface area contributed by atoms with Crippen molar-refractivity contribution in [3.05, 3.63) is 42.0 Å². The van der Waals surface area contributed by atoms with E-state index in [0.717, 1.165) is 18.7 Å². The molecule has 2 fully saturated rings. The summed E-state index contributed by atoms with van der Waals surface area (Å²) in [5.74, 6) is -6.01. The molecule has 3 aliphatic rings. The number of anilines is 1. The van der Waals surface area contributed by atoms with Gasteiger partial charge in [0.25, 0.3) is 6.29 Å². The zero-order chi connectivity index (χ0) is 21.8. The molecule has 2 bridgehead atoms. The van der Waals surface area contributed by atoms with Crippen molar-refractivity contribution in [3.8, 4) is 0 Å². The molecule has 0 radical (unpaired) electrons. The quantitative estimate of drug-likeness (QED) is 0.318. The second kappa shape index (κ2) is 6.77. The van der Waals surface area contributed by atoms with Crippen molar-refractivity contribution in [1.29, 1.82) is 0 Å². The molecule has 156 valence electrons. The van der Waals surface area contributed by atoms with Crippen molar-refractivity contribution in [2.45, 2.75) is 31.8 Å². The molecule has 30 heavy (non-hydrogen) atoms. The van der Waals surface area contributed by atoms with Crippen LogP contribution in [0.25, 0.3) is 0 Å². The maximum atomic E-state index is 13.3. The summed E-state index contributed by atoms with van der Waals surface area (Å²) < 4.78 is 16.1. The van der Waals surface area contributed by atoms with E-state index in [1.165, 1.54) is 30.3 Å². The largest absolute Gasteiger partial charge is 0.478 e. The summed E-state index contributed by atoms with van der Waals surface area (Å²) >= 11 is 0. The molecule has 0 aliphatic carbocycles. The van der Waals surface area contributed by atoms with Crippen molar-refractivity contribution in [2.24, 2.45) is 11.8 Å². The standard InChI is InChI=1S/C20H17NO9/c1-9(22)28-19(29-10(2)23)20-7-6-13(30-20)14-15(20)17(25)21(16(14)24)12-5-3-4-11(8-12)18(26)27/h3-8,13-15,19H,1-2H3,(H,26,27)/t13-,14+,15+,20-/m0/s1. The minimum Gasteiger partial charge on any atom is -0.478 e. The Kier molecular flexibility index (Phi) is 4.46. The number of ether oxygens (including phenoxy) is 3. The first-order valence-corrected chi connectivity index (χ1v) is 9.08. The Morgan fingerprint density at radius 2 is 1.80 bits per heavy atom. The Morgan fingerprint density at radius 1 is 1.13 bits per heavy atom. The number of fused-ring (bicyclic) bond motifs is 5. The van der Waals surface area contributed by atoms with Crippen LogP contribution in [0.3, 0.4) is 0 Å². The summed E-state index contributed by atoms with van der Waals surface area (Å²) in [5, 5.41) is 9.21. The van der Waals surface area contributed by atoms with E-state index < -0.39 is 59.6 Å². The summed E-state index contributed by atoms with van der Waals surface area (Å²) in [6.45, 7) is 2.22. The molecule has 3 heterocycles. The number of carboxylic acid groups (broad SMARTS) is 1. The third-order valence-corrected chi connectivity index (χ3v) is 5.34. The van der Waals surface area contributed by atoms with Gasteiger partial charge in [-0.15, -0.1) is 0 Å². The highest BCUT2D eigenvalue weighted by Crippen LogP contribution is 2.54. The van der Waals surface area contributed by atoms with Gasteiger partial charge in [-0.3, -0.25) is 19.2 Å². The lowest BCUT2D eigenvalue weighted by atomic mass is 9.76. The van der Waals surface area contributed by atoms with Crippen LogP contribution in [0.5, 0.6) is 0 Å². The van der Waals surface area contributed by atoms with Crippen LogP contribution in [0.15, 0.2) is 36.4 Å². The summed E-state index contributed by atoms with van der Waals surface area (Å²) in [6, 6.07) is 5.43.